The Morgan fingerprint density at radius 1 is 1.09 bits per heavy atom. The molecule has 0 aliphatic rings. The van der Waals surface area contributed by atoms with Gasteiger partial charge in [0.05, 0.1) is 24.2 Å². The molecular formula is C18H21N3O. The molecule has 0 saturated carbocycles. The van der Waals surface area contributed by atoms with Crippen molar-refractivity contribution >= 4 is 11.0 Å². The Morgan fingerprint density at radius 2 is 1.91 bits per heavy atom. The SMILES string of the molecule is CCOc1ccc2nc(CN(C)Cc3ccccc3)[nH]c2c1. The largest absolute Gasteiger partial charge is 0.494 e. The van der Waals surface area contributed by atoms with E-state index in [2.05, 4.69) is 46.2 Å². The van der Waals surface area contributed by atoms with E-state index in [0.29, 0.717) is 6.61 Å². The summed E-state index contributed by atoms with van der Waals surface area (Å²) in [7, 11) is 2.10. The van der Waals surface area contributed by atoms with Gasteiger partial charge in [0.15, 0.2) is 0 Å². The molecule has 0 saturated heterocycles. The van der Waals surface area contributed by atoms with Crippen molar-refractivity contribution in [1.82, 2.24) is 14.9 Å². The average molecular weight is 295 g/mol. The van der Waals surface area contributed by atoms with Crippen LogP contribution < -0.4 is 4.74 Å². The smallest absolute Gasteiger partial charge is 0.121 e. The van der Waals surface area contributed by atoms with Crippen molar-refractivity contribution in [3.63, 3.8) is 0 Å². The molecule has 4 heteroatoms. The number of imidazole rings is 1. The number of fused-ring (bicyclic) bond motifs is 1. The summed E-state index contributed by atoms with van der Waals surface area (Å²) in [5, 5.41) is 0. The van der Waals surface area contributed by atoms with Crippen molar-refractivity contribution < 1.29 is 4.74 Å². The fraction of sp³-hybridized carbons (Fsp3) is 0.278. The van der Waals surface area contributed by atoms with Gasteiger partial charge in [-0.15, -0.1) is 0 Å². The minimum atomic E-state index is 0.673. The highest BCUT2D eigenvalue weighted by Crippen LogP contribution is 2.19. The van der Waals surface area contributed by atoms with Crippen LogP contribution in [0, 0.1) is 0 Å². The maximum absolute atomic E-state index is 5.53. The van der Waals surface area contributed by atoms with Crippen molar-refractivity contribution in [1.29, 1.82) is 0 Å². The van der Waals surface area contributed by atoms with E-state index in [-0.39, 0.29) is 0 Å². The van der Waals surface area contributed by atoms with Gasteiger partial charge in [-0.2, -0.15) is 0 Å². The van der Waals surface area contributed by atoms with Crippen molar-refractivity contribution in [2.24, 2.45) is 0 Å². The van der Waals surface area contributed by atoms with Crippen LogP contribution in [-0.4, -0.2) is 28.5 Å². The van der Waals surface area contributed by atoms with E-state index in [1.165, 1.54) is 5.56 Å². The Balaban J connectivity index is 1.70. The number of hydrogen-bond donors (Lipinski definition) is 1. The lowest BCUT2D eigenvalue weighted by Gasteiger charge is -2.14. The zero-order valence-corrected chi connectivity index (χ0v) is 13.0. The van der Waals surface area contributed by atoms with Crippen molar-refractivity contribution in [2.45, 2.75) is 20.0 Å². The quantitative estimate of drug-likeness (QED) is 0.755. The lowest BCUT2D eigenvalue weighted by atomic mass is 10.2. The molecule has 3 rings (SSSR count). The van der Waals surface area contributed by atoms with Gasteiger partial charge in [-0.3, -0.25) is 4.90 Å². The predicted octanol–water partition coefficient (Wildman–Crippen LogP) is 3.59. The number of H-pyrrole nitrogens is 1. The number of nitrogens with zero attached hydrogens (tertiary/aromatic N) is 2. The lowest BCUT2D eigenvalue weighted by molar-refractivity contribution is 0.312. The second-order valence-corrected chi connectivity index (χ2v) is 5.45. The first-order valence-corrected chi connectivity index (χ1v) is 7.58. The molecule has 22 heavy (non-hydrogen) atoms. The molecule has 0 fully saturated rings. The minimum absolute atomic E-state index is 0.673. The molecule has 1 aromatic heterocycles. The summed E-state index contributed by atoms with van der Waals surface area (Å²) >= 11 is 0. The van der Waals surface area contributed by atoms with Crippen LogP contribution >= 0.6 is 0 Å². The van der Waals surface area contributed by atoms with Gasteiger partial charge in [-0.1, -0.05) is 30.3 Å². The molecule has 0 aliphatic carbocycles. The predicted molar refractivity (Wildman–Crippen MR) is 88.9 cm³/mol. The monoisotopic (exact) mass is 295 g/mol. The average Bonchev–Trinajstić information content (AvgIpc) is 2.89. The van der Waals surface area contributed by atoms with E-state index in [1.54, 1.807) is 0 Å². The topological polar surface area (TPSA) is 41.1 Å². The van der Waals surface area contributed by atoms with Gasteiger partial charge in [0.2, 0.25) is 0 Å². The van der Waals surface area contributed by atoms with Crippen LogP contribution in [0.25, 0.3) is 11.0 Å². The molecular weight excluding hydrogens is 274 g/mol. The highest BCUT2D eigenvalue weighted by atomic mass is 16.5. The first-order chi connectivity index (χ1) is 10.7. The third-order valence-electron chi connectivity index (χ3n) is 3.53. The van der Waals surface area contributed by atoms with Crippen LogP contribution in [-0.2, 0) is 13.1 Å². The number of nitrogens with one attached hydrogen (secondary N) is 1. The summed E-state index contributed by atoms with van der Waals surface area (Å²) in [6.07, 6.45) is 0. The lowest BCUT2D eigenvalue weighted by Crippen LogP contribution is -2.17. The second kappa shape index (κ2) is 6.62. The first kappa shape index (κ1) is 14.6. The Kier molecular flexibility index (Phi) is 4.39. The zero-order chi connectivity index (χ0) is 15.4. The molecule has 114 valence electrons. The number of aromatic amines is 1. The van der Waals surface area contributed by atoms with Crippen LogP contribution in [0.1, 0.15) is 18.3 Å². The van der Waals surface area contributed by atoms with Crippen LogP contribution in [0.4, 0.5) is 0 Å². The van der Waals surface area contributed by atoms with E-state index >= 15 is 0 Å². The van der Waals surface area contributed by atoms with Gasteiger partial charge in [0, 0.05) is 12.6 Å². The molecule has 1 N–H and O–H groups in total. The summed E-state index contributed by atoms with van der Waals surface area (Å²) in [5.74, 6) is 1.85. The first-order valence-electron chi connectivity index (χ1n) is 7.58. The molecule has 1 heterocycles. The molecule has 0 amide bonds. The third kappa shape index (κ3) is 3.46. The van der Waals surface area contributed by atoms with Crippen molar-refractivity contribution in [3.8, 4) is 5.75 Å². The minimum Gasteiger partial charge on any atom is -0.494 e. The normalized spacial score (nSPS) is 11.2. The number of rotatable bonds is 6. The molecule has 0 spiro atoms. The Labute approximate surface area is 130 Å². The summed E-state index contributed by atoms with van der Waals surface area (Å²) in [6, 6.07) is 16.4. The number of hydrogen-bond acceptors (Lipinski definition) is 3. The summed E-state index contributed by atoms with van der Waals surface area (Å²) in [4.78, 5) is 10.3. The highest BCUT2D eigenvalue weighted by molar-refractivity contribution is 5.76. The molecule has 0 bridgehead atoms. The maximum atomic E-state index is 5.53. The number of ether oxygens (including phenoxy) is 1. The van der Waals surface area contributed by atoms with Crippen LogP contribution in [0.2, 0.25) is 0 Å². The molecule has 3 aromatic rings. The van der Waals surface area contributed by atoms with Crippen molar-refractivity contribution in [2.75, 3.05) is 13.7 Å². The van der Waals surface area contributed by atoms with E-state index in [1.807, 2.05) is 31.2 Å². The van der Waals surface area contributed by atoms with Gasteiger partial charge >= 0.3 is 0 Å². The summed E-state index contributed by atoms with van der Waals surface area (Å²) in [6.45, 7) is 4.35. The van der Waals surface area contributed by atoms with E-state index in [9.17, 15) is 0 Å². The molecule has 0 atom stereocenters. The van der Waals surface area contributed by atoms with Crippen LogP contribution in [0.3, 0.4) is 0 Å². The third-order valence-corrected chi connectivity index (χ3v) is 3.53. The molecule has 0 aliphatic heterocycles. The highest BCUT2D eigenvalue weighted by Gasteiger charge is 2.07. The fourth-order valence-electron chi connectivity index (χ4n) is 2.58. The molecule has 2 aromatic carbocycles. The molecule has 4 nitrogen and oxygen atoms in total. The number of benzene rings is 2. The Morgan fingerprint density at radius 3 is 2.68 bits per heavy atom. The Bertz CT molecular complexity index is 736. The van der Waals surface area contributed by atoms with E-state index < -0.39 is 0 Å². The van der Waals surface area contributed by atoms with Gasteiger partial charge in [0.1, 0.15) is 11.6 Å². The summed E-state index contributed by atoms with van der Waals surface area (Å²) in [5.41, 5.74) is 3.31. The summed E-state index contributed by atoms with van der Waals surface area (Å²) < 4.78 is 5.53. The zero-order valence-electron chi connectivity index (χ0n) is 13.0. The molecule has 0 unspecified atom stereocenters. The van der Waals surface area contributed by atoms with E-state index in [4.69, 9.17) is 4.74 Å². The fourth-order valence-corrected chi connectivity index (χ4v) is 2.58. The van der Waals surface area contributed by atoms with Crippen LogP contribution in [0.15, 0.2) is 48.5 Å². The number of aromatic nitrogens is 2. The van der Waals surface area contributed by atoms with Gasteiger partial charge in [0.25, 0.3) is 0 Å². The van der Waals surface area contributed by atoms with E-state index in [0.717, 1.165) is 35.7 Å². The van der Waals surface area contributed by atoms with Crippen LogP contribution in [0.5, 0.6) is 5.75 Å². The van der Waals surface area contributed by atoms with Gasteiger partial charge in [-0.25, -0.2) is 4.98 Å². The van der Waals surface area contributed by atoms with Crippen molar-refractivity contribution in [3.05, 3.63) is 59.9 Å². The second-order valence-electron chi connectivity index (χ2n) is 5.45. The molecule has 0 radical (unpaired) electrons. The van der Waals surface area contributed by atoms with Gasteiger partial charge < -0.3 is 9.72 Å². The van der Waals surface area contributed by atoms with Gasteiger partial charge in [-0.05, 0) is 31.7 Å². The Hall–Kier alpha value is -2.33. The standard InChI is InChI=1S/C18H21N3O/c1-3-22-15-9-10-16-17(11-15)20-18(19-16)13-21(2)12-14-7-5-4-6-8-14/h4-11H,3,12-13H2,1-2H3,(H,19,20). The maximum Gasteiger partial charge on any atom is 0.121 e.